The molecule has 0 amide bonds. The molecule has 4 heteroatoms. The van der Waals surface area contributed by atoms with Crippen molar-refractivity contribution in [3.05, 3.63) is 30.3 Å². The second-order valence-corrected chi connectivity index (χ2v) is 2.13. The molecule has 1 aromatic rings. The summed E-state index contributed by atoms with van der Waals surface area (Å²) in [6.07, 6.45) is 4.67. The fourth-order valence-corrected chi connectivity index (χ4v) is 0.628. The van der Waals surface area contributed by atoms with Gasteiger partial charge in [0.1, 0.15) is 6.61 Å². The highest BCUT2D eigenvalue weighted by atomic mass is 35.5. The third kappa shape index (κ3) is 2.55. The van der Waals surface area contributed by atoms with E-state index in [-0.39, 0.29) is 5.28 Å². The number of halogens is 1. The van der Waals surface area contributed by atoms with Crippen molar-refractivity contribution in [3.8, 4) is 5.75 Å². The molecule has 0 aliphatic heterocycles. The zero-order valence-electron chi connectivity index (χ0n) is 5.83. The predicted octanol–water partition coefficient (Wildman–Crippen LogP) is 1.69. The minimum atomic E-state index is 0.218. The maximum Gasteiger partial charge on any atom is 0.222 e. The Morgan fingerprint density at radius 1 is 1.55 bits per heavy atom. The molecule has 0 aliphatic carbocycles. The van der Waals surface area contributed by atoms with Gasteiger partial charge in [-0.25, -0.2) is 9.97 Å². The third-order valence-electron chi connectivity index (χ3n) is 0.964. The van der Waals surface area contributed by atoms with Gasteiger partial charge in [0.15, 0.2) is 5.75 Å². The average molecular weight is 171 g/mol. The summed E-state index contributed by atoms with van der Waals surface area (Å²) >= 11 is 5.45. The molecule has 0 radical (unpaired) electrons. The maximum absolute atomic E-state index is 5.45. The van der Waals surface area contributed by atoms with Crippen LogP contribution in [0.2, 0.25) is 5.28 Å². The molecule has 0 bridgehead atoms. The van der Waals surface area contributed by atoms with E-state index in [2.05, 4.69) is 16.5 Å². The number of aromatic nitrogens is 2. The lowest BCUT2D eigenvalue weighted by Gasteiger charge is -1.99. The van der Waals surface area contributed by atoms with E-state index in [0.717, 1.165) is 0 Å². The Morgan fingerprint density at radius 3 is 2.73 bits per heavy atom. The van der Waals surface area contributed by atoms with Crippen molar-refractivity contribution in [3.63, 3.8) is 0 Å². The molecular formula is C7H7ClN2O. The van der Waals surface area contributed by atoms with Crippen LogP contribution in [0.15, 0.2) is 25.0 Å². The number of hydrogen-bond donors (Lipinski definition) is 0. The van der Waals surface area contributed by atoms with E-state index in [9.17, 15) is 0 Å². The van der Waals surface area contributed by atoms with Gasteiger partial charge in [0.2, 0.25) is 5.28 Å². The molecule has 11 heavy (non-hydrogen) atoms. The quantitative estimate of drug-likeness (QED) is 0.512. The van der Waals surface area contributed by atoms with E-state index in [1.165, 1.54) is 12.4 Å². The van der Waals surface area contributed by atoms with Crippen LogP contribution in [0, 0.1) is 0 Å². The van der Waals surface area contributed by atoms with Crippen LogP contribution in [-0.2, 0) is 0 Å². The van der Waals surface area contributed by atoms with Crippen molar-refractivity contribution in [1.29, 1.82) is 0 Å². The summed E-state index contributed by atoms with van der Waals surface area (Å²) in [6, 6.07) is 0. The van der Waals surface area contributed by atoms with Crippen LogP contribution in [-0.4, -0.2) is 16.6 Å². The van der Waals surface area contributed by atoms with Crippen molar-refractivity contribution < 1.29 is 4.74 Å². The van der Waals surface area contributed by atoms with Gasteiger partial charge in [0.05, 0.1) is 12.4 Å². The van der Waals surface area contributed by atoms with Gasteiger partial charge in [-0.05, 0) is 11.6 Å². The van der Waals surface area contributed by atoms with Gasteiger partial charge < -0.3 is 4.74 Å². The Hall–Kier alpha value is -1.09. The topological polar surface area (TPSA) is 35.0 Å². The minimum absolute atomic E-state index is 0.218. The fourth-order valence-electron chi connectivity index (χ4n) is 0.530. The minimum Gasteiger partial charge on any atom is -0.486 e. The van der Waals surface area contributed by atoms with Gasteiger partial charge in [-0.2, -0.15) is 0 Å². The molecule has 0 atom stereocenters. The number of nitrogens with zero attached hydrogens (tertiary/aromatic N) is 2. The van der Waals surface area contributed by atoms with E-state index < -0.39 is 0 Å². The van der Waals surface area contributed by atoms with Crippen LogP contribution in [0.5, 0.6) is 5.75 Å². The normalized spacial score (nSPS) is 9.18. The maximum atomic E-state index is 5.45. The molecule has 1 aromatic heterocycles. The molecule has 58 valence electrons. The summed E-state index contributed by atoms with van der Waals surface area (Å²) < 4.78 is 5.11. The van der Waals surface area contributed by atoms with Gasteiger partial charge >= 0.3 is 0 Å². The summed E-state index contributed by atoms with van der Waals surface area (Å²) in [5.41, 5.74) is 0. The Morgan fingerprint density at radius 2 is 2.18 bits per heavy atom. The second-order valence-electron chi connectivity index (χ2n) is 1.79. The molecule has 1 heterocycles. The van der Waals surface area contributed by atoms with Gasteiger partial charge in [-0.15, -0.1) is 0 Å². The third-order valence-corrected chi connectivity index (χ3v) is 1.16. The average Bonchev–Trinajstić information content (AvgIpc) is 2.04. The van der Waals surface area contributed by atoms with Crippen LogP contribution >= 0.6 is 11.6 Å². The Bertz CT molecular complexity index is 235. The highest BCUT2D eigenvalue weighted by molar-refractivity contribution is 6.28. The van der Waals surface area contributed by atoms with Gasteiger partial charge in [0.25, 0.3) is 0 Å². The molecule has 0 N–H and O–H groups in total. The number of hydrogen-bond acceptors (Lipinski definition) is 3. The monoisotopic (exact) mass is 170 g/mol. The summed E-state index contributed by atoms with van der Waals surface area (Å²) in [4.78, 5) is 7.45. The number of rotatable bonds is 3. The van der Waals surface area contributed by atoms with Crippen molar-refractivity contribution in [2.75, 3.05) is 6.61 Å². The van der Waals surface area contributed by atoms with E-state index in [1.54, 1.807) is 6.08 Å². The van der Waals surface area contributed by atoms with Crippen molar-refractivity contribution in [2.45, 2.75) is 0 Å². The lowest BCUT2D eigenvalue weighted by atomic mass is 10.6. The molecule has 0 aliphatic rings. The van der Waals surface area contributed by atoms with Gasteiger partial charge in [-0.3, -0.25) is 0 Å². The molecule has 0 unspecified atom stereocenters. The van der Waals surface area contributed by atoms with E-state index >= 15 is 0 Å². The van der Waals surface area contributed by atoms with E-state index in [1.807, 2.05) is 0 Å². The standard InChI is InChI=1S/C7H7ClN2O/c1-2-3-11-6-4-9-7(8)10-5-6/h2,4-5H,1,3H2. The van der Waals surface area contributed by atoms with Crippen LogP contribution in [0.1, 0.15) is 0 Å². The van der Waals surface area contributed by atoms with Crippen molar-refractivity contribution in [1.82, 2.24) is 9.97 Å². The first-order valence-electron chi connectivity index (χ1n) is 3.04. The number of ether oxygens (including phenoxy) is 1. The molecule has 0 saturated heterocycles. The predicted molar refractivity (Wildman–Crippen MR) is 42.7 cm³/mol. The summed E-state index contributed by atoms with van der Waals surface area (Å²) in [6.45, 7) is 3.95. The molecule has 1 rings (SSSR count). The first kappa shape index (κ1) is 8.01. The molecule has 0 aromatic carbocycles. The van der Waals surface area contributed by atoms with Crippen LogP contribution < -0.4 is 4.74 Å². The Kier molecular flexibility index (Phi) is 2.86. The summed E-state index contributed by atoms with van der Waals surface area (Å²) in [5.74, 6) is 0.592. The first-order chi connectivity index (χ1) is 5.33. The van der Waals surface area contributed by atoms with Gasteiger partial charge in [0, 0.05) is 0 Å². The molecule has 0 spiro atoms. The largest absolute Gasteiger partial charge is 0.486 e. The second kappa shape index (κ2) is 3.93. The first-order valence-corrected chi connectivity index (χ1v) is 3.42. The summed E-state index contributed by atoms with van der Waals surface area (Å²) in [5, 5.41) is 0.218. The van der Waals surface area contributed by atoms with Crippen LogP contribution in [0.3, 0.4) is 0 Å². The van der Waals surface area contributed by atoms with Crippen LogP contribution in [0.4, 0.5) is 0 Å². The highest BCUT2D eigenvalue weighted by Crippen LogP contribution is 2.07. The molecule has 0 saturated carbocycles. The highest BCUT2D eigenvalue weighted by Gasteiger charge is 1.92. The Balaban J connectivity index is 2.58. The van der Waals surface area contributed by atoms with E-state index in [4.69, 9.17) is 16.3 Å². The lowest BCUT2D eigenvalue weighted by molar-refractivity contribution is 0.360. The Labute approximate surface area is 69.7 Å². The van der Waals surface area contributed by atoms with E-state index in [0.29, 0.717) is 12.4 Å². The zero-order valence-corrected chi connectivity index (χ0v) is 6.58. The van der Waals surface area contributed by atoms with Gasteiger partial charge in [-0.1, -0.05) is 12.7 Å². The molecule has 0 fully saturated rings. The van der Waals surface area contributed by atoms with Crippen LogP contribution in [0.25, 0.3) is 0 Å². The SMILES string of the molecule is C=CCOc1cnc(Cl)nc1. The zero-order chi connectivity index (χ0) is 8.10. The fraction of sp³-hybridized carbons (Fsp3) is 0.143. The molecule has 3 nitrogen and oxygen atoms in total. The lowest BCUT2D eigenvalue weighted by Crippen LogP contribution is -1.93. The van der Waals surface area contributed by atoms with Crippen molar-refractivity contribution >= 4 is 11.6 Å². The smallest absolute Gasteiger partial charge is 0.222 e. The van der Waals surface area contributed by atoms with Crippen molar-refractivity contribution in [2.24, 2.45) is 0 Å². The molecular weight excluding hydrogens is 164 g/mol. The summed E-state index contributed by atoms with van der Waals surface area (Å²) in [7, 11) is 0.